The van der Waals surface area contributed by atoms with Crippen LogP contribution in [0.15, 0.2) is 30.5 Å². The molecule has 0 aliphatic carbocycles. The minimum absolute atomic E-state index is 0.0720. The summed E-state index contributed by atoms with van der Waals surface area (Å²) in [6, 6.07) is 6.28. The normalized spacial score (nSPS) is 25.3. The Morgan fingerprint density at radius 2 is 1.97 bits per heavy atom. The number of benzene rings is 1. The van der Waals surface area contributed by atoms with Crippen molar-refractivity contribution in [2.45, 2.75) is 37.6 Å². The van der Waals surface area contributed by atoms with Crippen LogP contribution in [0.2, 0.25) is 0 Å². The lowest BCUT2D eigenvalue weighted by molar-refractivity contribution is -0.272. The highest BCUT2D eigenvalue weighted by atomic mass is 19.4. The second-order valence-corrected chi connectivity index (χ2v) is 7.47. The smallest absolute Gasteiger partial charge is 0.417 e. The number of anilines is 1. The minimum Gasteiger partial charge on any atom is -0.493 e. The number of carbonyl (C=O) groups excluding carboxylic acids is 1. The zero-order valence-corrected chi connectivity index (χ0v) is 17.1. The molecule has 4 atom stereocenters. The van der Waals surface area contributed by atoms with Crippen molar-refractivity contribution >= 4 is 11.6 Å². The van der Waals surface area contributed by atoms with Gasteiger partial charge in [-0.3, -0.25) is 4.79 Å². The van der Waals surface area contributed by atoms with Gasteiger partial charge in [-0.05, 0) is 25.1 Å². The fourth-order valence-corrected chi connectivity index (χ4v) is 3.79. The molecule has 11 heteroatoms. The third-order valence-corrected chi connectivity index (χ3v) is 5.72. The number of halogens is 5. The summed E-state index contributed by atoms with van der Waals surface area (Å²) in [6.45, 7) is 2.02. The Kier molecular flexibility index (Phi) is 6.11. The van der Waals surface area contributed by atoms with Crippen molar-refractivity contribution in [1.82, 2.24) is 4.98 Å². The second kappa shape index (κ2) is 8.35. The number of carbonyl (C=O) groups is 1. The molecule has 0 saturated carbocycles. The fourth-order valence-electron chi connectivity index (χ4n) is 3.79. The number of alkyl halides is 3. The number of nitrogens with zero attached hydrogens (tertiary/aromatic N) is 2. The first kappa shape index (κ1) is 23.4. The van der Waals surface area contributed by atoms with Crippen molar-refractivity contribution in [2.75, 3.05) is 12.4 Å². The average Bonchev–Trinajstić information content (AvgIpc) is 3.02. The number of pyridine rings is 1. The molecule has 2 heterocycles. The third-order valence-electron chi connectivity index (χ3n) is 5.72. The highest BCUT2D eigenvalue weighted by molar-refractivity contribution is 5.95. The van der Waals surface area contributed by atoms with Gasteiger partial charge in [0.05, 0.1) is 19.0 Å². The summed E-state index contributed by atoms with van der Waals surface area (Å²) >= 11 is 0. The van der Waals surface area contributed by atoms with Crippen LogP contribution < -0.4 is 10.1 Å². The molecule has 0 spiro atoms. The number of rotatable bonds is 4. The fraction of sp³-hybridized carbons (Fsp3) is 0.381. The molecule has 1 amide bonds. The molecule has 1 fully saturated rings. The maximum atomic E-state index is 14.3. The lowest BCUT2D eigenvalue weighted by Crippen LogP contribution is -2.47. The number of methoxy groups -OCH3 is 1. The number of aromatic nitrogens is 1. The summed E-state index contributed by atoms with van der Waals surface area (Å²) in [4.78, 5) is 16.7. The molecule has 32 heavy (non-hydrogen) atoms. The second-order valence-electron chi connectivity index (χ2n) is 7.47. The molecule has 1 aromatic heterocycles. The third kappa shape index (κ3) is 3.86. The molecule has 3 rings (SSSR count). The van der Waals surface area contributed by atoms with Gasteiger partial charge < -0.3 is 14.8 Å². The van der Waals surface area contributed by atoms with Crippen molar-refractivity contribution in [3.05, 3.63) is 53.4 Å². The topological polar surface area (TPSA) is 84.2 Å². The zero-order chi connectivity index (χ0) is 23.8. The van der Waals surface area contributed by atoms with Gasteiger partial charge in [0.1, 0.15) is 17.9 Å². The van der Waals surface area contributed by atoms with Gasteiger partial charge in [0.2, 0.25) is 5.82 Å². The van der Waals surface area contributed by atoms with Gasteiger partial charge in [-0.2, -0.15) is 22.8 Å². The maximum absolute atomic E-state index is 14.3. The lowest BCUT2D eigenvalue weighted by Gasteiger charge is -2.32. The molecule has 0 unspecified atom stereocenters. The van der Waals surface area contributed by atoms with Gasteiger partial charge in [0, 0.05) is 17.4 Å². The first-order valence-corrected chi connectivity index (χ1v) is 9.38. The molecular weight excluding hydrogens is 437 g/mol. The van der Waals surface area contributed by atoms with Crippen molar-refractivity contribution in [2.24, 2.45) is 5.92 Å². The number of nitrogens with one attached hydrogen (secondary N) is 1. The average molecular weight is 455 g/mol. The summed E-state index contributed by atoms with van der Waals surface area (Å²) < 4.78 is 79.9. The lowest BCUT2D eigenvalue weighted by atomic mass is 9.77. The van der Waals surface area contributed by atoms with E-state index in [1.807, 2.05) is 0 Å². The SMILES string of the molecule is COc1c([C@H]2[C@H](C(=O)Nc3ccc(C#N)nc3)O[C@@](C)(C(F)(F)F)[C@H]2C)ccc(F)c1F. The first-order chi connectivity index (χ1) is 14.9. The quantitative estimate of drug-likeness (QED) is 0.695. The molecule has 1 aliphatic heterocycles. The number of amides is 1. The molecule has 170 valence electrons. The number of hydrogen-bond donors (Lipinski definition) is 1. The van der Waals surface area contributed by atoms with E-state index < -0.39 is 53.0 Å². The number of nitriles is 1. The van der Waals surface area contributed by atoms with Gasteiger partial charge in [0.15, 0.2) is 17.2 Å². The Labute approximate surface area is 180 Å². The monoisotopic (exact) mass is 455 g/mol. The van der Waals surface area contributed by atoms with Crippen LogP contribution in [0.3, 0.4) is 0 Å². The van der Waals surface area contributed by atoms with E-state index in [1.54, 1.807) is 6.07 Å². The van der Waals surface area contributed by atoms with Crippen LogP contribution in [0.1, 0.15) is 31.0 Å². The van der Waals surface area contributed by atoms with Crippen LogP contribution >= 0.6 is 0 Å². The number of hydrogen-bond acceptors (Lipinski definition) is 5. The van der Waals surface area contributed by atoms with Crippen molar-refractivity contribution in [3.8, 4) is 11.8 Å². The molecular formula is C21H18F5N3O3. The van der Waals surface area contributed by atoms with Gasteiger partial charge in [-0.25, -0.2) is 9.37 Å². The first-order valence-electron chi connectivity index (χ1n) is 9.38. The molecule has 0 bridgehead atoms. The molecule has 1 N–H and O–H groups in total. The van der Waals surface area contributed by atoms with E-state index in [2.05, 4.69) is 10.3 Å². The van der Waals surface area contributed by atoms with E-state index in [-0.39, 0.29) is 16.9 Å². The summed E-state index contributed by atoms with van der Waals surface area (Å²) in [7, 11) is 1.04. The molecule has 0 radical (unpaired) electrons. The van der Waals surface area contributed by atoms with E-state index in [0.29, 0.717) is 0 Å². The Morgan fingerprint density at radius 3 is 2.50 bits per heavy atom. The Bertz CT molecular complexity index is 1070. The molecule has 1 saturated heterocycles. The van der Waals surface area contributed by atoms with E-state index in [9.17, 15) is 26.7 Å². The Morgan fingerprint density at radius 1 is 1.28 bits per heavy atom. The van der Waals surface area contributed by atoms with E-state index in [4.69, 9.17) is 14.7 Å². The molecule has 1 aromatic carbocycles. The Balaban J connectivity index is 2.06. The summed E-state index contributed by atoms with van der Waals surface area (Å²) in [5.41, 5.74) is -2.70. The maximum Gasteiger partial charge on any atom is 0.417 e. The van der Waals surface area contributed by atoms with E-state index >= 15 is 0 Å². The molecule has 2 aromatic rings. The summed E-state index contributed by atoms with van der Waals surface area (Å²) in [5, 5.41) is 11.2. The van der Waals surface area contributed by atoms with Crippen LogP contribution in [0.4, 0.5) is 27.6 Å². The van der Waals surface area contributed by atoms with E-state index in [0.717, 1.165) is 32.4 Å². The van der Waals surface area contributed by atoms with Crippen LogP contribution in [0.5, 0.6) is 5.75 Å². The van der Waals surface area contributed by atoms with Crippen LogP contribution in [-0.4, -0.2) is 35.9 Å². The van der Waals surface area contributed by atoms with Crippen molar-refractivity contribution in [3.63, 3.8) is 0 Å². The summed E-state index contributed by atoms with van der Waals surface area (Å²) in [5.74, 6) is -6.87. The van der Waals surface area contributed by atoms with Crippen LogP contribution in [-0.2, 0) is 9.53 Å². The molecule has 1 aliphatic rings. The van der Waals surface area contributed by atoms with Crippen molar-refractivity contribution < 1.29 is 36.2 Å². The van der Waals surface area contributed by atoms with Gasteiger partial charge in [0.25, 0.3) is 5.91 Å². The standard InChI is InChI=1S/C21H18F5N3O3/c1-10-15(13-6-7-14(22)16(23)17(13)31-3)18(32-20(10,2)21(24,25)26)19(30)29-12-5-4-11(8-27)28-9-12/h4-7,9-10,15,18H,1-3H3,(H,29,30)/t10-,15-,18+,20+/m0/s1. The zero-order valence-electron chi connectivity index (χ0n) is 17.1. The highest BCUT2D eigenvalue weighted by Gasteiger charge is 2.65. The Hall–Kier alpha value is -3.26. The summed E-state index contributed by atoms with van der Waals surface area (Å²) in [6.07, 6.45) is -5.42. The van der Waals surface area contributed by atoms with E-state index in [1.165, 1.54) is 19.1 Å². The largest absolute Gasteiger partial charge is 0.493 e. The van der Waals surface area contributed by atoms with Gasteiger partial charge in [-0.15, -0.1) is 0 Å². The number of ether oxygens (including phenoxy) is 2. The van der Waals surface area contributed by atoms with Crippen LogP contribution in [0.25, 0.3) is 0 Å². The predicted molar refractivity (Wildman–Crippen MR) is 102 cm³/mol. The molecule has 6 nitrogen and oxygen atoms in total. The van der Waals surface area contributed by atoms with Gasteiger partial charge in [-0.1, -0.05) is 13.0 Å². The minimum atomic E-state index is -4.86. The van der Waals surface area contributed by atoms with Gasteiger partial charge >= 0.3 is 6.18 Å². The predicted octanol–water partition coefficient (Wildman–Crippen LogP) is 4.32. The van der Waals surface area contributed by atoms with Crippen LogP contribution in [0, 0.1) is 28.9 Å². The highest BCUT2D eigenvalue weighted by Crippen LogP contribution is 2.54. The van der Waals surface area contributed by atoms with Crippen molar-refractivity contribution in [1.29, 1.82) is 5.26 Å².